The van der Waals surface area contributed by atoms with Gasteiger partial charge in [0.25, 0.3) is 0 Å². The van der Waals surface area contributed by atoms with Gasteiger partial charge in [-0.15, -0.1) is 11.3 Å². The van der Waals surface area contributed by atoms with E-state index in [2.05, 4.69) is 9.72 Å². The summed E-state index contributed by atoms with van der Waals surface area (Å²) < 4.78 is 20.0. The first-order chi connectivity index (χ1) is 10.5. The molecule has 112 valence electrons. The van der Waals surface area contributed by atoms with E-state index < -0.39 is 11.8 Å². The van der Waals surface area contributed by atoms with Crippen molar-refractivity contribution in [3.8, 4) is 11.3 Å². The third-order valence-corrected chi connectivity index (χ3v) is 4.57. The van der Waals surface area contributed by atoms with Gasteiger partial charge in [-0.25, -0.2) is 14.2 Å². The van der Waals surface area contributed by atoms with Crippen LogP contribution < -0.4 is 5.73 Å². The number of methoxy groups -OCH3 is 1. The first kappa shape index (κ1) is 14.7. The molecule has 2 N–H and O–H groups in total. The molecule has 0 saturated carbocycles. The lowest BCUT2D eigenvalue weighted by atomic mass is 10.1. The standard InChI is InChI=1S/C15H10ClFN2O2S/c1-21-15(20)13-9(16)11(18)10(17)12(19-13)8-4-2-3-7-5-6-22-14(7)8/h2-6H,1H3,(H2,18,19). The van der Waals surface area contributed by atoms with E-state index in [1.54, 1.807) is 12.1 Å². The minimum Gasteiger partial charge on any atom is -0.464 e. The molecule has 22 heavy (non-hydrogen) atoms. The SMILES string of the molecule is COC(=O)c1nc(-c2cccc3ccsc23)c(F)c(N)c1Cl. The molecule has 2 heterocycles. The summed E-state index contributed by atoms with van der Waals surface area (Å²) in [5.41, 5.74) is 5.70. The van der Waals surface area contributed by atoms with Crippen LogP contribution in [-0.4, -0.2) is 18.1 Å². The zero-order valence-electron chi connectivity index (χ0n) is 11.4. The largest absolute Gasteiger partial charge is 0.464 e. The predicted octanol–water partition coefficient (Wildman–Crippen LogP) is 4.12. The van der Waals surface area contributed by atoms with E-state index in [9.17, 15) is 9.18 Å². The van der Waals surface area contributed by atoms with Gasteiger partial charge in [-0.2, -0.15) is 0 Å². The number of aromatic nitrogens is 1. The Kier molecular flexibility index (Phi) is 3.72. The smallest absolute Gasteiger partial charge is 0.358 e. The van der Waals surface area contributed by atoms with Gasteiger partial charge in [-0.1, -0.05) is 29.8 Å². The monoisotopic (exact) mass is 336 g/mol. The number of pyridine rings is 1. The van der Waals surface area contributed by atoms with E-state index in [0.29, 0.717) is 5.56 Å². The van der Waals surface area contributed by atoms with Crippen molar-refractivity contribution in [1.82, 2.24) is 4.98 Å². The van der Waals surface area contributed by atoms with Crippen molar-refractivity contribution >= 4 is 44.7 Å². The molecule has 0 bridgehead atoms. The number of nitrogens with zero attached hydrogens (tertiary/aromatic N) is 1. The second-order valence-corrected chi connectivity index (χ2v) is 5.78. The minimum atomic E-state index is -0.767. The Morgan fingerprint density at radius 2 is 2.18 bits per heavy atom. The molecule has 0 fully saturated rings. The summed E-state index contributed by atoms with van der Waals surface area (Å²) in [6.07, 6.45) is 0. The zero-order chi connectivity index (χ0) is 15.9. The van der Waals surface area contributed by atoms with Crippen LogP contribution in [0.5, 0.6) is 0 Å². The first-order valence-electron chi connectivity index (χ1n) is 6.24. The van der Waals surface area contributed by atoms with Gasteiger partial charge in [-0.05, 0) is 16.8 Å². The van der Waals surface area contributed by atoms with Crippen molar-refractivity contribution in [1.29, 1.82) is 0 Å². The van der Waals surface area contributed by atoms with Crippen LogP contribution in [0.2, 0.25) is 5.02 Å². The topological polar surface area (TPSA) is 65.2 Å². The number of carbonyl (C=O) groups is 1. The summed E-state index contributed by atoms with van der Waals surface area (Å²) in [4.78, 5) is 15.8. The zero-order valence-corrected chi connectivity index (χ0v) is 13.0. The number of nitrogen functional groups attached to an aromatic ring is 1. The summed E-state index contributed by atoms with van der Waals surface area (Å²) in [5.74, 6) is -1.52. The van der Waals surface area contributed by atoms with Crippen LogP contribution in [-0.2, 0) is 4.74 Å². The van der Waals surface area contributed by atoms with Crippen LogP contribution >= 0.6 is 22.9 Å². The number of hydrogen-bond donors (Lipinski definition) is 1. The number of ether oxygens (including phenoxy) is 1. The molecule has 0 unspecified atom stereocenters. The Bertz CT molecular complexity index is 895. The van der Waals surface area contributed by atoms with Gasteiger partial charge in [0.1, 0.15) is 5.69 Å². The number of anilines is 1. The van der Waals surface area contributed by atoms with Gasteiger partial charge in [0.05, 0.1) is 17.8 Å². The number of benzene rings is 1. The molecule has 0 saturated heterocycles. The third kappa shape index (κ3) is 2.20. The lowest BCUT2D eigenvalue weighted by molar-refractivity contribution is 0.0594. The van der Waals surface area contributed by atoms with Crippen molar-refractivity contribution < 1.29 is 13.9 Å². The van der Waals surface area contributed by atoms with Gasteiger partial charge in [0.15, 0.2) is 11.5 Å². The third-order valence-electron chi connectivity index (χ3n) is 3.23. The second kappa shape index (κ2) is 5.55. The molecule has 0 radical (unpaired) electrons. The molecule has 1 aromatic carbocycles. The number of esters is 1. The number of hydrogen-bond acceptors (Lipinski definition) is 5. The molecule has 2 aromatic heterocycles. The van der Waals surface area contributed by atoms with Gasteiger partial charge in [-0.3, -0.25) is 0 Å². The average Bonchev–Trinajstić information content (AvgIpc) is 3.01. The average molecular weight is 337 g/mol. The quantitative estimate of drug-likeness (QED) is 0.715. The number of halogens is 2. The first-order valence-corrected chi connectivity index (χ1v) is 7.49. The van der Waals surface area contributed by atoms with Crippen LogP contribution in [0.3, 0.4) is 0 Å². The maximum atomic E-state index is 14.5. The van der Waals surface area contributed by atoms with E-state index >= 15 is 0 Å². The Balaban J connectivity index is 2.33. The number of carbonyl (C=O) groups excluding carboxylic acids is 1. The number of fused-ring (bicyclic) bond motifs is 1. The molecular weight excluding hydrogens is 327 g/mol. The van der Waals surface area contributed by atoms with E-state index in [-0.39, 0.29) is 22.1 Å². The highest BCUT2D eigenvalue weighted by Gasteiger charge is 2.23. The lowest BCUT2D eigenvalue weighted by Crippen LogP contribution is -2.10. The summed E-state index contributed by atoms with van der Waals surface area (Å²) >= 11 is 7.35. The Morgan fingerprint density at radius 3 is 2.91 bits per heavy atom. The molecule has 0 aliphatic rings. The molecule has 0 aliphatic heterocycles. The molecule has 3 rings (SSSR count). The van der Waals surface area contributed by atoms with Crippen LogP contribution in [0, 0.1) is 5.82 Å². The van der Waals surface area contributed by atoms with Crippen molar-refractivity contribution in [3.63, 3.8) is 0 Å². The fraction of sp³-hybridized carbons (Fsp3) is 0.0667. The summed E-state index contributed by atoms with van der Waals surface area (Å²) in [6, 6.07) is 7.34. The molecule has 0 aliphatic carbocycles. The molecule has 4 nitrogen and oxygen atoms in total. The van der Waals surface area contributed by atoms with Gasteiger partial charge in [0.2, 0.25) is 0 Å². The van der Waals surface area contributed by atoms with Gasteiger partial charge in [0, 0.05) is 10.3 Å². The molecule has 3 aromatic rings. The molecule has 0 amide bonds. The van der Waals surface area contributed by atoms with Gasteiger partial charge < -0.3 is 10.5 Å². The molecular formula is C15H10ClFN2O2S. The fourth-order valence-electron chi connectivity index (χ4n) is 2.15. The van der Waals surface area contributed by atoms with Crippen molar-refractivity contribution in [2.24, 2.45) is 0 Å². The van der Waals surface area contributed by atoms with Crippen molar-refractivity contribution in [3.05, 3.63) is 46.2 Å². The Hall–Kier alpha value is -2.18. The van der Waals surface area contributed by atoms with Crippen LogP contribution in [0.1, 0.15) is 10.5 Å². The normalized spacial score (nSPS) is 10.9. The molecule has 7 heteroatoms. The highest BCUT2D eigenvalue weighted by molar-refractivity contribution is 7.17. The lowest BCUT2D eigenvalue weighted by Gasteiger charge is -2.11. The highest BCUT2D eigenvalue weighted by atomic mass is 35.5. The van der Waals surface area contributed by atoms with Crippen molar-refractivity contribution in [2.45, 2.75) is 0 Å². The fourth-order valence-corrected chi connectivity index (χ4v) is 3.27. The van der Waals surface area contributed by atoms with E-state index in [0.717, 1.165) is 10.1 Å². The van der Waals surface area contributed by atoms with E-state index in [1.807, 2.05) is 17.5 Å². The van der Waals surface area contributed by atoms with Crippen molar-refractivity contribution in [2.75, 3.05) is 12.8 Å². The highest BCUT2D eigenvalue weighted by Crippen LogP contribution is 2.37. The Labute approximate surface area is 134 Å². The predicted molar refractivity (Wildman–Crippen MR) is 85.8 cm³/mol. The van der Waals surface area contributed by atoms with Crippen LogP contribution in [0.4, 0.5) is 10.1 Å². The second-order valence-electron chi connectivity index (χ2n) is 4.49. The number of rotatable bonds is 2. The minimum absolute atomic E-state index is 0.0182. The maximum absolute atomic E-state index is 14.5. The summed E-state index contributed by atoms with van der Waals surface area (Å²) in [6.45, 7) is 0. The van der Waals surface area contributed by atoms with Crippen LogP contribution in [0.15, 0.2) is 29.6 Å². The molecule has 0 spiro atoms. The number of thiophene rings is 1. The van der Waals surface area contributed by atoms with Gasteiger partial charge >= 0.3 is 5.97 Å². The molecule has 0 atom stereocenters. The van der Waals surface area contributed by atoms with E-state index in [1.165, 1.54) is 18.4 Å². The summed E-state index contributed by atoms with van der Waals surface area (Å²) in [5, 5.41) is 2.61. The number of nitrogens with two attached hydrogens (primary N) is 1. The summed E-state index contributed by atoms with van der Waals surface area (Å²) in [7, 11) is 1.19. The Morgan fingerprint density at radius 1 is 1.41 bits per heavy atom. The van der Waals surface area contributed by atoms with Crippen LogP contribution in [0.25, 0.3) is 21.3 Å². The van der Waals surface area contributed by atoms with E-state index in [4.69, 9.17) is 17.3 Å². The maximum Gasteiger partial charge on any atom is 0.358 e.